The fraction of sp³-hybridized carbons (Fsp3) is 0.632. The lowest BCUT2D eigenvalue weighted by Gasteiger charge is -2.26. The summed E-state index contributed by atoms with van der Waals surface area (Å²) in [4.78, 5) is 12.7. The summed E-state index contributed by atoms with van der Waals surface area (Å²) in [5.41, 5.74) is 0.146. The largest absolute Gasteiger partial charge is 0.493 e. The van der Waals surface area contributed by atoms with Crippen LogP contribution in [0.5, 0.6) is 11.5 Å². The van der Waals surface area contributed by atoms with E-state index in [0.717, 1.165) is 31.2 Å². The molecule has 0 bridgehead atoms. The molecule has 1 atom stereocenters. The van der Waals surface area contributed by atoms with Crippen LogP contribution in [-0.4, -0.2) is 37.4 Å². The van der Waals surface area contributed by atoms with Crippen LogP contribution in [0.15, 0.2) is 18.2 Å². The maximum atomic E-state index is 12.7. The number of benzene rings is 1. The van der Waals surface area contributed by atoms with E-state index in [-0.39, 0.29) is 17.7 Å². The van der Waals surface area contributed by atoms with Gasteiger partial charge >= 0.3 is 0 Å². The molecule has 2 rings (SSSR count). The second-order valence-corrected chi connectivity index (χ2v) is 6.99. The van der Waals surface area contributed by atoms with Crippen molar-refractivity contribution in [2.75, 3.05) is 20.8 Å². The molecule has 0 spiro atoms. The van der Waals surface area contributed by atoms with Gasteiger partial charge in [0.25, 0.3) is 0 Å². The van der Waals surface area contributed by atoms with Gasteiger partial charge in [-0.3, -0.25) is 4.79 Å². The maximum Gasteiger partial charge on any atom is 0.227 e. The van der Waals surface area contributed by atoms with Crippen LogP contribution in [-0.2, 0) is 4.79 Å². The number of hydrogen-bond acceptors (Lipinski definition) is 4. The Kier molecular flexibility index (Phi) is 6.10. The molecular weight excluding hydrogens is 306 g/mol. The summed E-state index contributed by atoms with van der Waals surface area (Å²) in [6.07, 6.45) is 3.57. The van der Waals surface area contributed by atoms with Crippen molar-refractivity contribution in [3.8, 4) is 11.5 Å². The molecule has 1 saturated carbocycles. The third-order valence-electron chi connectivity index (χ3n) is 4.84. The van der Waals surface area contributed by atoms with Crippen molar-refractivity contribution in [2.45, 2.75) is 51.0 Å². The van der Waals surface area contributed by atoms with Crippen LogP contribution in [0.4, 0.5) is 0 Å². The average Bonchev–Trinajstić information content (AvgIpc) is 2.99. The molecule has 1 aliphatic rings. The Morgan fingerprint density at radius 1 is 1.21 bits per heavy atom. The molecule has 24 heavy (non-hydrogen) atoms. The first-order valence-corrected chi connectivity index (χ1v) is 8.62. The minimum Gasteiger partial charge on any atom is -0.493 e. The SMILES string of the molecule is COc1ccc(C(C(=O)NCC2(O)CCCC2)C(C)C)cc1OC. The second kappa shape index (κ2) is 7.88. The Morgan fingerprint density at radius 2 is 1.83 bits per heavy atom. The van der Waals surface area contributed by atoms with Gasteiger partial charge in [0.05, 0.1) is 25.7 Å². The molecule has 5 nitrogen and oxygen atoms in total. The predicted molar refractivity (Wildman–Crippen MR) is 93.6 cm³/mol. The van der Waals surface area contributed by atoms with E-state index < -0.39 is 5.60 Å². The van der Waals surface area contributed by atoms with Gasteiger partial charge in [0, 0.05) is 6.54 Å². The van der Waals surface area contributed by atoms with Crippen LogP contribution < -0.4 is 14.8 Å². The number of carbonyl (C=O) groups excluding carboxylic acids is 1. The highest BCUT2D eigenvalue weighted by molar-refractivity contribution is 5.84. The first-order valence-electron chi connectivity index (χ1n) is 8.62. The minimum atomic E-state index is -0.741. The van der Waals surface area contributed by atoms with Gasteiger partial charge in [-0.05, 0) is 36.5 Å². The molecule has 0 heterocycles. The van der Waals surface area contributed by atoms with Crippen LogP contribution in [0.1, 0.15) is 51.0 Å². The van der Waals surface area contributed by atoms with Crippen LogP contribution >= 0.6 is 0 Å². The summed E-state index contributed by atoms with van der Waals surface area (Å²) < 4.78 is 10.6. The number of aliphatic hydroxyl groups is 1. The van der Waals surface area contributed by atoms with Crippen LogP contribution in [0.3, 0.4) is 0 Å². The average molecular weight is 335 g/mol. The highest BCUT2D eigenvalue weighted by Gasteiger charge is 2.33. The topological polar surface area (TPSA) is 67.8 Å². The first kappa shape index (κ1) is 18.6. The van der Waals surface area contributed by atoms with E-state index in [9.17, 15) is 9.90 Å². The molecule has 0 saturated heterocycles. The molecule has 134 valence electrons. The number of nitrogens with one attached hydrogen (secondary N) is 1. The van der Waals surface area contributed by atoms with Crippen molar-refractivity contribution >= 4 is 5.91 Å². The number of methoxy groups -OCH3 is 2. The van der Waals surface area contributed by atoms with E-state index in [2.05, 4.69) is 5.32 Å². The molecule has 2 N–H and O–H groups in total. The quantitative estimate of drug-likeness (QED) is 0.804. The highest BCUT2D eigenvalue weighted by atomic mass is 16.5. The molecule has 1 aromatic rings. The molecular formula is C19H29NO4. The van der Waals surface area contributed by atoms with Crippen molar-refractivity contribution in [2.24, 2.45) is 5.92 Å². The van der Waals surface area contributed by atoms with Gasteiger partial charge < -0.3 is 19.9 Å². The molecule has 5 heteroatoms. The molecule has 0 radical (unpaired) electrons. The highest BCUT2D eigenvalue weighted by Crippen LogP contribution is 2.34. The Bertz CT molecular complexity index is 564. The lowest BCUT2D eigenvalue weighted by molar-refractivity contribution is -0.124. The second-order valence-electron chi connectivity index (χ2n) is 6.99. The molecule has 1 fully saturated rings. The molecule has 0 aliphatic heterocycles. The molecule has 1 aliphatic carbocycles. The monoisotopic (exact) mass is 335 g/mol. The summed E-state index contributed by atoms with van der Waals surface area (Å²) in [6.45, 7) is 4.36. The van der Waals surface area contributed by atoms with Gasteiger partial charge in [-0.2, -0.15) is 0 Å². The lowest BCUT2D eigenvalue weighted by Crippen LogP contribution is -2.43. The van der Waals surface area contributed by atoms with Crippen molar-refractivity contribution in [1.29, 1.82) is 0 Å². The van der Waals surface area contributed by atoms with Gasteiger partial charge in [0.2, 0.25) is 5.91 Å². The van der Waals surface area contributed by atoms with E-state index in [1.165, 1.54) is 0 Å². The van der Waals surface area contributed by atoms with Gasteiger partial charge in [-0.25, -0.2) is 0 Å². The normalized spacial score (nSPS) is 17.6. The van der Waals surface area contributed by atoms with Crippen LogP contribution in [0.25, 0.3) is 0 Å². The summed E-state index contributed by atoms with van der Waals surface area (Å²) in [5, 5.41) is 13.4. The first-order chi connectivity index (χ1) is 11.4. The van der Waals surface area contributed by atoms with E-state index >= 15 is 0 Å². The summed E-state index contributed by atoms with van der Waals surface area (Å²) in [5.74, 6) is 1.03. The predicted octanol–water partition coefficient (Wildman–Crippen LogP) is 2.86. The number of rotatable bonds is 7. The zero-order chi connectivity index (χ0) is 17.7. The third-order valence-corrected chi connectivity index (χ3v) is 4.84. The number of ether oxygens (including phenoxy) is 2. The number of hydrogen-bond donors (Lipinski definition) is 2. The molecule has 1 amide bonds. The fourth-order valence-electron chi connectivity index (χ4n) is 3.46. The van der Waals surface area contributed by atoms with Gasteiger partial charge in [-0.1, -0.05) is 32.8 Å². The van der Waals surface area contributed by atoms with Gasteiger partial charge in [0.1, 0.15) is 0 Å². The Labute approximate surface area is 144 Å². The van der Waals surface area contributed by atoms with E-state index in [0.29, 0.717) is 18.0 Å². The maximum absolute atomic E-state index is 12.7. The van der Waals surface area contributed by atoms with Crippen molar-refractivity contribution in [1.82, 2.24) is 5.32 Å². The molecule has 1 aromatic carbocycles. The van der Waals surface area contributed by atoms with Crippen molar-refractivity contribution in [3.05, 3.63) is 23.8 Å². The van der Waals surface area contributed by atoms with E-state index in [1.807, 2.05) is 32.0 Å². The van der Waals surface area contributed by atoms with Crippen molar-refractivity contribution in [3.63, 3.8) is 0 Å². The fourth-order valence-corrected chi connectivity index (χ4v) is 3.46. The van der Waals surface area contributed by atoms with Gasteiger partial charge in [-0.15, -0.1) is 0 Å². The Balaban J connectivity index is 2.14. The zero-order valence-electron chi connectivity index (χ0n) is 15.1. The standard InChI is InChI=1S/C19H29NO4/c1-13(2)17(14-7-8-15(23-3)16(11-14)24-4)18(21)20-12-19(22)9-5-6-10-19/h7-8,11,13,17,22H,5-6,9-10,12H2,1-4H3,(H,20,21). The van der Waals surface area contributed by atoms with E-state index in [1.54, 1.807) is 14.2 Å². The van der Waals surface area contributed by atoms with Crippen LogP contribution in [0, 0.1) is 5.92 Å². The summed E-state index contributed by atoms with van der Waals surface area (Å²) in [6, 6.07) is 5.57. The number of amides is 1. The number of carbonyl (C=O) groups is 1. The Hall–Kier alpha value is -1.75. The van der Waals surface area contributed by atoms with Crippen LogP contribution in [0.2, 0.25) is 0 Å². The third kappa shape index (κ3) is 4.20. The molecule has 0 aromatic heterocycles. The summed E-state index contributed by atoms with van der Waals surface area (Å²) >= 11 is 0. The smallest absolute Gasteiger partial charge is 0.227 e. The lowest BCUT2D eigenvalue weighted by atomic mass is 9.87. The van der Waals surface area contributed by atoms with E-state index in [4.69, 9.17) is 9.47 Å². The Morgan fingerprint density at radius 3 is 2.38 bits per heavy atom. The van der Waals surface area contributed by atoms with Crippen molar-refractivity contribution < 1.29 is 19.4 Å². The molecule has 1 unspecified atom stereocenters. The zero-order valence-corrected chi connectivity index (χ0v) is 15.1. The summed E-state index contributed by atoms with van der Waals surface area (Å²) in [7, 11) is 3.17. The van der Waals surface area contributed by atoms with Gasteiger partial charge in [0.15, 0.2) is 11.5 Å². The minimum absolute atomic E-state index is 0.0578.